The predicted molar refractivity (Wildman–Crippen MR) is 105 cm³/mol. The Labute approximate surface area is 162 Å². The van der Waals surface area contributed by atoms with Crippen LogP contribution in [0, 0.1) is 0 Å². The van der Waals surface area contributed by atoms with Crippen molar-refractivity contribution in [1.82, 2.24) is 24.7 Å². The minimum Gasteiger partial charge on any atom is -0.481 e. The average molecular weight is 379 g/mol. The Morgan fingerprint density at radius 3 is 2.46 bits per heavy atom. The van der Waals surface area contributed by atoms with Gasteiger partial charge in [-0.1, -0.05) is 0 Å². The normalized spacial score (nSPS) is 14.2. The predicted octanol–water partition coefficient (Wildman–Crippen LogP) is 0.812. The van der Waals surface area contributed by atoms with Gasteiger partial charge in [0, 0.05) is 56.9 Å². The lowest BCUT2D eigenvalue weighted by molar-refractivity contribution is 0.396. The molecule has 0 aliphatic carbocycles. The number of ether oxygens (including phenoxy) is 1. The standard InChI is InChI=1S/C19H21N7O2/c1-28-17-6-9-21-19(22-17)25-12-10-24(11-13-25)16-2-3-18(27)26(23-16)14-15-4-7-20-8-5-15/h2-9H,10-14H2,1H3. The van der Waals surface area contributed by atoms with Gasteiger partial charge in [-0.25, -0.2) is 9.67 Å². The number of hydrogen-bond acceptors (Lipinski definition) is 8. The van der Waals surface area contributed by atoms with E-state index < -0.39 is 0 Å². The van der Waals surface area contributed by atoms with E-state index in [0.717, 1.165) is 37.6 Å². The first-order chi connectivity index (χ1) is 13.7. The van der Waals surface area contributed by atoms with Crippen LogP contribution in [0.3, 0.4) is 0 Å². The highest BCUT2D eigenvalue weighted by atomic mass is 16.5. The van der Waals surface area contributed by atoms with Crippen molar-refractivity contribution >= 4 is 11.8 Å². The fourth-order valence-corrected chi connectivity index (χ4v) is 3.12. The van der Waals surface area contributed by atoms with Crippen LogP contribution in [-0.4, -0.2) is 58.0 Å². The number of nitrogens with zero attached hydrogens (tertiary/aromatic N) is 7. The highest BCUT2D eigenvalue weighted by Crippen LogP contribution is 2.17. The fourth-order valence-electron chi connectivity index (χ4n) is 3.12. The Morgan fingerprint density at radius 2 is 1.71 bits per heavy atom. The van der Waals surface area contributed by atoms with Gasteiger partial charge in [0.05, 0.1) is 13.7 Å². The molecule has 0 saturated carbocycles. The molecule has 0 aromatic carbocycles. The summed E-state index contributed by atoms with van der Waals surface area (Å²) in [4.78, 5) is 29.2. The molecular formula is C19H21N7O2. The molecule has 4 rings (SSSR count). The van der Waals surface area contributed by atoms with Crippen LogP contribution in [0.4, 0.5) is 11.8 Å². The summed E-state index contributed by atoms with van der Waals surface area (Å²) >= 11 is 0. The minimum atomic E-state index is -0.121. The molecule has 144 valence electrons. The third-order valence-corrected chi connectivity index (χ3v) is 4.65. The molecule has 28 heavy (non-hydrogen) atoms. The van der Waals surface area contributed by atoms with Crippen LogP contribution in [0.5, 0.6) is 5.88 Å². The molecule has 0 amide bonds. The van der Waals surface area contributed by atoms with Crippen molar-refractivity contribution in [2.24, 2.45) is 0 Å². The third-order valence-electron chi connectivity index (χ3n) is 4.65. The Morgan fingerprint density at radius 1 is 0.964 bits per heavy atom. The molecule has 1 aliphatic heterocycles. The molecule has 0 atom stereocenters. The zero-order valence-corrected chi connectivity index (χ0v) is 15.6. The number of anilines is 2. The van der Waals surface area contributed by atoms with Crippen molar-refractivity contribution in [1.29, 1.82) is 0 Å². The van der Waals surface area contributed by atoms with Gasteiger partial charge >= 0.3 is 0 Å². The largest absolute Gasteiger partial charge is 0.481 e. The molecule has 3 aromatic rings. The van der Waals surface area contributed by atoms with Crippen molar-refractivity contribution in [3.63, 3.8) is 0 Å². The van der Waals surface area contributed by atoms with Gasteiger partial charge in [-0.05, 0) is 23.8 Å². The Hall–Kier alpha value is -3.49. The summed E-state index contributed by atoms with van der Waals surface area (Å²) in [5, 5.41) is 4.56. The Kier molecular flexibility index (Phi) is 5.14. The number of hydrogen-bond donors (Lipinski definition) is 0. The summed E-state index contributed by atoms with van der Waals surface area (Å²) in [5.41, 5.74) is 0.866. The van der Waals surface area contributed by atoms with E-state index in [1.807, 2.05) is 12.1 Å². The number of piperazine rings is 1. The van der Waals surface area contributed by atoms with Gasteiger partial charge in [-0.15, -0.1) is 0 Å². The molecule has 0 bridgehead atoms. The molecule has 0 N–H and O–H groups in total. The quantitative estimate of drug-likeness (QED) is 0.644. The van der Waals surface area contributed by atoms with E-state index in [0.29, 0.717) is 18.4 Å². The van der Waals surface area contributed by atoms with E-state index >= 15 is 0 Å². The molecule has 0 radical (unpaired) electrons. The van der Waals surface area contributed by atoms with Gasteiger partial charge < -0.3 is 14.5 Å². The van der Waals surface area contributed by atoms with Crippen molar-refractivity contribution < 1.29 is 4.74 Å². The monoisotopic (exact) mass is 379 g/mol. The van der Waals surface area contributed by atoms with Crippen LogP contribution >= 0.6 is 0 Å². The summed E-state index contributed by atoms with van der Waals surface area (Å²) in [6, 6.07) is 8.85. The van der Waals surface area contributed by atoms with Crippen molar-refractivity contribution in [3.8, 4) is 5.88 Å². The summed E-state index contributed by atoms with van der Waals surface area (Å²) in [5.74, 6) is 2.01. The average Bonchev–Trinajstić information content (AvgIpc) is 2.76. The third kappa shape index (κ3) is 3.93. The number of methoxy groups -OCH3 is 1. The summed E-state index contributed by atoms with van der Waals surface area (Å²) in [6.07, 6.45) is 5.12. The van der Waals surface area contributed by atoms with Crippen LogP contribution in [-0.2, 0) is 6.54 Å². The maximum absolute atomic E-state index is 12.2. The molecule has 4 heterocycles. The maximum Gasteiger partial charge on any atom is 0.267 e. The smallest absolute Gasteiger partial charge is 0.267 e. The van der Waals surface area contributed by atoms with Crippen molar-refractivity contribution in [2.75, 3.05) is 43.1 Å². The SMILES string of the molecule is COc1ccnc(N2CCN(c3ccc(=O)n(Cc4ccncc4)n3)CC2)n1. The molecule has 3 aromatic heterocycles. The van der Waals surface area contributed by atoms with Crippen molar-refractivity contribution in [2.45, 2.75) is 6.54 Å². The van der Waals surface area contributed by atoms with Crippen LogP contribution in [0.2, 0.25) is 0 Å². The molecule has 1 aliphatic rings. The molecular weight excluding hydrogens is 358 g/mol. The van der Waals surface area contributed by atoms with Crippen LogP contribution in [0.1, 0.15) is 5.56 Å². The van der Waals surface area contributed by atoms with Gasteiger partial charge in [-0.3, -0.25) is 9.78 Å². The topological polar surface area (TPSA) is 89.3 Å². The van der Waals surface area contributed by atoms with E-state index in [1.54, 1.807) is 43.9 Å². The molecule has 0 spiro atoms. The second kappa shape index (κ2) is 8.03. The zero-order valence-electron chi connectivity index (χ0n) is 15.6. The van der Waals surface area contributed by atoms with E-state index in [4.69, 9.17) is 4.74 Å². The van der Waals surface area contributed by atoms with Crippen LogP contribution in [0.15, 0.2) is 53.7 Å². The molecule has 9 nitrogen and oxygen atoms in total. The Bertz CT molecular complexity index is 985. The first kappa shape index (κ1) is 17.9. The molecule has 1 fully saturated rings. The fraction of sp³-hybridized carbons (Fsp3) is 0.316. The van der Waals surface area contributed by atoms with Gasteiger partial charge in [0.2, 0.25) is 11.8 Å². The van der Waals surface area contributed by atoms with Gasteiger partial charge in [0.15, 0.2) is 0 Å². The summed E-state index contributed by atoms with van der Waals surface area (Å²) in [6.45, 7) is 3.48. The maximum atomic E-state index is 12.2. The highest BCUT2D eigenvalue weighted by Gasteiger charge is 2.21. The van der Waals surface area contributed by atoms with Crippen LogP contribution < -0.4 is 20.1 Å². The van der Waals surface area contributed by atoms with Crippen LogP contribution in [0.25, 0.3) is 0 Å². The van der Waals surface area contributed by atoms with Crippen molar-refractivity contribution in [3.05, 3.63) is 64.8 Å². The van der Waals surface area contributed by atoms with Gasteiger partial charge in [0.25, 0.3) is 5.56 Å². The summed E-state index contributed by atoms with van der Waals surface area (Å²) < 4.78 is 6.66. The van der Waals surface area contributed by atoms with E-state index in [9.17, 15) is 4.79 Å². The summed E-state index contributed by atoms with van der Waals surface area (Å²) in [7, 11) is 1.59. The first-order valence-electron chi connectivity index (χ1n) is 9.07. The lowest BCUT2D eigenvalue weighted by atomic mass is 10.3. The number of aromatic nitrogens is 5. The number of pyridine rings is 1. The number of rotatable bonds is 5. The lowest BCUT2D eigenvalue weighted by Crippen LogP contribution is -2.47. The van der Waals surface area contributed by atoms with E-state index in [2.05, 4.69) is 29.9 Å². The van der Waals surface area contributed by atoms with Gasteiger partial charge in [-0.2, -0.15) is 10.1 Å². The lowest BCUT2D eigenvalue weighted by Gasteiger charge is -2.35. The zero-order chi connectivity index (χ0) is 19.3. The second-order valence-electron chi connectivity index (χ2n) is 6.42. The second-order valence-corrected chi connectivity index (χ2v) is 6.42. The molecule has 0 unspecified atom stereocenters. The van der Waals surface area contributed by atoms with Gasteiger partial charge in [0.1, 0.15) is 5.82 Å². The first-order valence-corrected chi connectivity index (χ1v) is 9.07. The van der Waals surface area contributed by atoms with E-state index in [-0.39, 0.29) is 5.56 Å². The minimum absolute atomic E-state index is 0.121. The highest BCUT2D eigenvalue weighted by molar-refractivity contribution is 5.41. The van der Waals surface area contributed by atoms with E-state index in [1.165, 1.54) is 4.68 Å². The Balaban J connectivity index is 1.46. The molecule has 9 heteroatoms. The molecule has 1 saturated heterocycles.